The molecule has 0 aromatic carbocycles. The van der Waals surface area contributed by atoms with Gasteiger partial charge in [-0.3, -0.25) is 0 Å². The van der Waals surface area contributed by atoms with Gasteiger partial charge in [-0.25, -0.2) is 0 Å². The average molecular weight is 172 g/mol. The molecule has 0 spiro atoms. The predicted octanol–water partition coefficient (Wildman–Crippen LogP) is 2.79. The van der Waals surface area contributed by atoms with Crippen LogP contribution < -0.4 is 0 Å². The van der Waals surface area contributed by atoms with Crippen molar-refractivity contribution >= 4 is 7.92 Å². The molecule has 3 atom stereocenters. The smallest absolute Gasteiger partial charge is 0.103 e. The molecule has 11 heavy (non-hydrogen) atoms. The summed E-state index contributed by atoms with van der Waals surface area (Å²) in [6, 6.07) is 0. The van der Waals surface area contributed by atoms with Crippen LogP contribution in [0.1, 0.15) is 32.6 Å². The highest BCUT2D eigenvalue weighted by molar-refractivity contribution is 7.59. The van der Waals surface area contributed by atoms with E-state index in [0.29, 0.717) is 7.92 Å². The van der Waals surface area contributed by atoms with Crippen LogP contribution >= 0.6 is 7.92 Å². The highest BCUT2D eigenvalue weighted by Crippen LogP contribution is 2.60. The number of epoxide rings is 1. The van der Waals surface area contributed by atoms with Gasteiger partial charge < -0.3 is 4.74 Å². The minimum absolute atomic E-state index is 0.334. The van der Waals surface area contributed by atoms with Crippen LogP contribution in [-0.2, 0) is 4.74 Å². The van der Waals surface area contributed by atoms with Crippen molar-refractivity contribution < 1.29 is 4.74 Å². The van der Waals surface area contributed by atoms with Crippen LogP contribution in [0.2, 0.25) is 0 Å². The van der Waals surface area contributed by atoms with Crippen molar-refractivity contribution in [3.63, 3.8) is 0 Å². The molecule has 2 fully saturated rings. The van der Waals surface area contributed by atoms with Gasteiger partial charge in [-0.1, -0.05) is 27.7 Å². The first-order valence-electron chi connectivity index (χ1n) is 4.81. The number of fused-ring (bicyclic) bond motifs is 1. The summed E-state index contributed by atoms with van der Waals surface area (Å²) < 4.78 is 5.52. The molecule has 64 valence electrons. The minimum Gasteiger partial charge on any atom is -0.365 e. The van der Waals surface area contributed by atoms with Crippen molar-refractivity contribution in [2.24, 2.45) is 0 Å². The van der Waals surface area contributed by atoms with Crippen molar-refractivity contribution in [3.05, 3.63) is 0 Å². The zero-order valence-corrected chi connectivity index (χ0v) is 8.15. The van der Waals surface area contributed by atoms with Crippen LogP contribution in [0.4, 0.5) is 0 Å². The van der Waals surface area contributed by atoms with Crippen molar-refractivity contribution in [2.75, 3.05) is 12.3 Å². The van der Waals surface area contributed by atoms with E-state index in [4.69, 9.17) is 4.74 Å². The normalized spacial score (nSPS) is 40.6. The first kappa shape index (κ1) is 8.01. The summed E-state index contributed by atoms with van der Waals surface area (Å²) in [5.41, 5.74) is 0. The number of hydrogen-bond acceptors (Lipinski definition) is 1. The van der Waals surface area contributed by atoms with E-state index in [1.165, 1.54) is 38.0 Å². The van der Waals surface area contributed by atoms with E-state index in [9.17, 15) is 0 Å². The van der Waals surface area contributed by atoms with Gasteiger partial charge in [-0.2, -0.15) is 0 Å². The quantitative estimate of drug-likeness (QED) is 0.361. The Morgan fingerprint density at radius 2 is 2.36 bits per heavy atom. The number of rotatable bonds is 4. The van der Waals surface area contributed by atoms with E-state index in [2.05, 4.69) is 6.92 Å². The zero-order chi connectivity index (χ0) is 7.68. The maximum Gasteiger partial charge on any atom is 0.103 e. The maximum atomic E-state index is 5.52. The Hall–Kier alpha value is 0.390. The lowest BCUT2D eigenvalue weighted by Gasteiger charge is -2.09. The van der Waals surface area contributed by atoms with Crippen LogP contribution in [0, 0.1) is 0 Å². The lowest BCUT2D eigenvalue weighted by molar-refractivity contribution is 0.386. The molecule has 2 aliphatic heterocycles. The summed E-state index contributed by atoms with van der Waals surface area (Å²) in [5, 5.41) is 0. The van der Waals surface area contributed by atoms with Crippen LogP contribution in [0.15, 0.2) is 0 Å². The summed E-state index contributed by atoms with van der Waals surface area (Å²) in [5.74, 6) is 0.766. The lowest BCUT2D eigenvalue weighted by Crippen LogP contribution is -1.90. The van der Waals surface area contributed by atoms with E-state index in [0.717, 1.165) is 11.9 Å². The van der Waals surface area contributed by atoms with Crippen molar-refractivity contribution in [2.45, 2.75) is 44.6 Å². The molecule has 0 aromatic heterocycles. The first-order valence-corrected chi connectivity index (χ1v) is 6.59. The molecule has 2 rings (SSSR count). The maximum absolute atomic E-state index is 5.52. The molecule has 2 heterocycles. The van der Waals surface area contributed by atoms with E-state index >= 15 is 0 Å². The highest BCUT2D eigenvalue weighted by atomic mass is 31.1. The number of ether oxygens (including phenoxy) is 1. The number of hydrogen-bond donors (Lipinski definition) is 0. The third-order valence-electron chi connectivity index (χ3n) is 2.67. The predicted molar refractivity (Wildman–Crippen MR) is 49.5 cm³/mol. The molecule has 0 aromatic rings. The third-order valence-corrected chi connectivity index (χ3v) is 5.56. The van der Waals surface area contributed by atoms with Crippen LogP contribution in [0.5, 0.6) is 0 Å². The SMILES string of the molecule is CCCCCP1CCC2OC21. The van der Waals surface area contributed by atoms with Gasteiger partial charge in [0.25, 0.3) is 0 Å². The summed E-state index contributed by atoms with van der Waals surface area (Å²) in [4.78, 5) is 0. The Morgan fingerprint density at radius 1 is 1.45 bits per heavy atom. The summed E-state index contributed by atoms with van der Waals surface area (Å²) in [7, 11) is 0.334. The van der Waals surface area contributed by atoms with E-state index in [-0.39, 0.29) is 0 Å². The molecular weight excluding hydrogens is 155 g/mol. The molecule has 0 amide bonds. The van der Waals surface area contributed by atoms with Crippen molar-refractivity contribution in [1.82, 2.24) is 0 Å². The van der Waals surface area contributed by atoms with Gasteiger partial charge in [0.15, 0.2) is 0 Å². The van der Waals surface area contributed by atoms with Gasteiger partial charge in [0, 0.05) is 0 Å². The first-order chi connectivity index (χ1) is 5.42. The van der Waals surface area contributed by atoms with E-state index in [1.54, 1.807) is 0 Å². The Morgan fingerprint density at radius 3 is 2.91 bits per heavy atom. The molecule has 3 unspecified atom stereocenters. The summed E-state index contributed by atoms with van der Waals surface area (Å²) in [6.07, 6.45) is 9.34. The Balaban J connectivity index is 1.63. The van der Waals surface area contributed by atoms with Gasteiger partial charge in [-0.15, -0.1) is 0 Å². The monoisotopic (exact) mass is 172 g/mol. The van der Waals surface area contributed by atoms with Gasteiger partial charge in [0.05, 0.1) is 6.10 Å². The summed E-state index contributed by atoms with van der Waals surface area (Å²) in [6.45, 7) is 2.28. The molecule has 0 saturated carbocycles. The topological polar surface area (TPSA) is 12.5 Å². The fourth-order valence-corrected chi connectivity index (χ4v) is 4.79. The van der Waals surface area contributed by atoms with Gasteiger partial charge >= 0.3 is 0 Å². The van der Waals surface area contributed by atoms with E-state index < -0.39 is 0 Å². The van der Waals surface area contributed by atoms with Crippen molar-refractivity contribution in [3.8, 4) is 0 Å². The molecule has 0 aliphatic carbocycles. The summed E-state index contributed by atoms with van der Waals surface area (Å²) >= 11 is 0. The average Bonchev–Trinajstić information content (AvgIpc) is 2.70. The lowest BCUT2D eigenvalue weighted by atomic mass is 10.3. The molecule has 0 bridgehead atoms. The Labute approximate surface area is 70.3 Å². The molecule has 2 aliphatic rings. The third kappa shape index (κ3) is 1.76. The molecular formula is C9H17OP. The molecule has 2 saturated heterocycles. The molecule has 2 heteroatoms. The van der Waals surface area contributed by atoms with Crippen LogP contribution in [0.3, 0.4) is 0 Å². The van der Waals surface area contributed by atoms with Crippen LogP contribution in [-0.4, -0.2) is 24.3 Å². The largest absolute Gasteiger partial charge is 0.365 e. The Kier molecular flexibility index (Phi) is 2.48. The molecule has 0 N–H and O–H groups in total. The number of unbranched alkanes of at least 4 members (excludes halogenated alkanes) is 2. The standard InChI is InChI=1S/C9H17OP/c1-2-3-4-6-11-7-5-8-9(11)10-8/h8-9H,2-7H2,1H3. The fraction of sp³-hybridized carbons (Fsp3) is 1.00. The van der Waals surface area contributed by atoms with Crippen molar-refractivity contribution in [1.29, 1.82) is 0 Å². The van der Waals surface area contributed by atoms with Gasteiger partial charge in [-0.05, 0) is 25.2 Å². The highest BCUT2D eigenvalue weighted by Gasteiger charge is 2.49. The van der Waals surface area contributed by atoms with Gasteiger partial charge in [0.1, 0.15) is 5.85 Å². The zero-order valence-electron chi connectivity index (χ0n) is 7.25. The molecule has 0 radical (unpaired) electrons. The van der Waals surface area contributed by atoms with Crippen LogP contribution in [0.25, 0.3) is 0 Å². The van der Waals surface area contributed by atoms with Gasteiger partial charge in [0.2, 0.25) is 0 Å². The second-order valence-electron chi connectivity index (χ2n) is 3.60. The second kappa shape index (κ2) is 3.41. The minimum atomic E-state index is 0.334. The Bertz CT molecular complexity index is 138. The fourth-order valence-electron chi connectivity index (χ4n) is 1.89. The second-order valence-corrected chi connectivity index (χ2v) is 6.18. The molecule has 1 nitrogen and oxygen atoms in total. The van der Waals surface area contributed by atoms with E-state index in [1.807, 2.05) is 0 Å².